The molecular weight excluding hydrogens is 178 g/mol. The zero-order valence-electron chi connectivity index (χ0n) is 8.14. The lowest BCUT2D eigenvalue weighted by Gasteiger charge is -2.06. The van der Waals surface area contributed by atoms with Crippen molar-refractivity contribution in [3.8, 4) is 5.75 Å². The maximum atomic E-state index is 9.07. The van der Waals surface area contributed by atoms with Crippen LogP contribution in [-0.2, 0) is 6.42 Å². The standard InChI is InChI=1S/C10H15N3O/c1-7(13-10(11)12)6-8-2-4-9(14)5-3-8/h2-5,7,14H,6H2,1H3,(H4,11,12,13)/t7-/m1/s1. The van der Waals surface area contributed by atoms with E-state index >= 15 is 0 Å². The van der Waals surface area contributed by atoms with E-state index in [0.717, 1.165) is 12.0 Å². The summed E-state index contributed by atoms with van der Waals surface area (Å²) in [6, 6.07) is 7.07. The van der Waals surface area contributed by atoms with Crippen molar-refractivity contribution in [2.75, 3.05) is 0 Å². The van der Waals surface area contributed by atoms with E-state index in [9.17, 15) is 0 Å². The van der Waals surface area contributed by atoms with Crippen LogP contribution in [0.5, 0.6) is 5.75 Å². The number of benzene rings is 1. The third-order valence-electron chi connectivity index (χ3n) is 1.84. The van der Waals surface area contributed by atoms with E-state index in [1.165, 1.54) is 0 Å². The van der Waals surface area contributed by atoms with E-state index in [0.29, 0.717) is 0 Å². The van der Waals surface area contributed by atoms with Gasteiger partial charge >= 0.3 is 0 Å². The summed E-state index contributed by atoms with van der Waals surface area (Å²) in [4.78, 5) is 4.00. The molecule has 0 fully saturated rings. The number of nitrogens with two attached hydrogens (primary N) is 2. The summed E-state index contributed by atoms with van der Waals surface area (Å²) in [7, 11) is 0. The molecule has 5 N–H and O–H groups in total. The Bertz CT molecular complexity index is 315. The second-order valence-electron chi connectivity index (χ2n) is 3.27. The Kier molecular flexibility index (Phi) is 3.34. The minimum Gasteiger partial charge on any atom is -0.508 e. The molecule has 0 radical (unpaired) electrons. The molecule has 14 heavy (non-hydrogen) atoms. The van der Waals surface area contributed by atoms with Crippen LogP contribution in [0.2, 0.25) is 0 Å². The minimum atomic E-state index is 0.0598. The number of nitrogens with zero attached hydrogens (tertiary/aromatic N) is 1. The molecule has 0 bridgehead atoms. The van der Waals surface area contributed by atoms with E-state index in [2.05, 4.69) is 4.99 Å². The summed E-state index contributed by atoms with van der Waals surface area (Å²) >= 11 is 0. The Hall–Kier alpha value is -1.71. The Balaban J connectivity index is 2.61. The van der Waals surface area contributed by atoms with Gasteiger partial charge in [0.1, 0.15) is 5.75 Å². The molecule has 0 aliphatic rings. The number of aromatic hydroxyl groups is 1. The molecular formula is C10H15N3O. The second-order valence-corrected chi connectivity index (χ2v) is 3.27. The maximum Gasteiger partial charge on any atom is 0.186 e. The van der Waals surface area contributed by atoms with E-state index < -0.39 is 0 Å². The van der Waals surface area contributed by atoms with Crippen LogP contribution in [0.4, 0.5) is 0 Å². The van der Waals surface area contributed by atoms with Gasteiger partial charge in [-0.15, -0.1) is 0 Å². The van der Waals surface area contributed by atoms with Crippen LogP contribution < -0.4 is 11.5 Å². The summed E-state index contributed by atoms with van der Waals surface area (Å²) in [6.07, 6.45) is 0.762. The third kappa shape index (κ3) is 3.35. The van der Waals surface area contributed by atoms with Gasteiger partial charge in [0, 0.05) is 0 Å². The molecule has 0 heterocycles. The van der Waals surface area contributed by atoms with Crippen LogP contribution in [0.3, 0.4) is 0 Å². The molecule has 0 aliphatic heterocycles. The Labute approximate surface area is 83.3 Å². The van der Waals surface area contributed by atoms with Crippen LogP contribution in [0, 0.1) is 0 Å². The summed E-state index contributed by atoms with van der Waals surface area (Å²) in [5.41, 5.74) is 11.6. The highest BCUT2D eigenvalue weighted by Gasteiger charge is 2.01. The molecule has 4 nitrogen and oxygen atoms in total. The van der Waals surface area contributed by atoms with Crippen molar-refractivity contribution >= 4 is 5.96 Å². The van der Waals surface area contributed by atoms with Gasteiger partial charge in [-0.2, -0.15) is 0 Å². The molecule has 1 aromatic rings. The summed E-state index contributed by atoms with van der Waals surface area (Å²) in [6.45, 7) is 1.94. The monoisotopic (exact) mass is 193 g/mol. The number of phenolic OH excluding ortho intramolecular Hbond substituents is 1. The van der Waals surface area contributed by atoms with E-state index in [1.807, 2.05) is 19.1 Å². The van der Waals surface area contributed by atoms with Crippen molar-refractivity contribution in [2.24, 2.45) is 16.5 Å². The van der Waals surface area contributed by atoms with Gasteiger partial charge in [-0.1, -0.05) is 12.1 Å². The molecule has 0 aliphatic carbocycles. The van der Waals surface area contributed by atoms with Crippen molar-refractivity contribution in [1.82, 2.24) is 0 Å². The smallest absolute Gasteiger partial charge is 0.186 e. The average Bonchev–Trinajstić information content (AvgIpc) is 2.07. The first-order valence-electron chi connectivity index (χ1n) is 4.44. The fraction of sp³-hybridized carbons (Fsp3) is 0.300. The number of guanidine groups is 1. The number of hydrogen-bond donors (Lipinski definition) is 3. The predicted octanol–water partition coefficient (Wildman–Crippen LogP) is 0.597. The lowest BCUT2D eigenvalue weighted by atomic mass is 10.1. The van der Waals surface area contributed by atoms with E-state index in [-0.39, 0.29) is 17.8 Å². The SMILES string of the molecule is C[C@H](Cc1ccc(O)cc1)N=C(N)N. The third-order valence-corrected chi connectivity index (χ3v) is 1.84. The van der Waals surface area contributed by atoms with E-state index in [4.69, 9.17) is 16.6 Å². The molecule has 4 heteroatoms. The van der Waals surface area contributed by atoms with Crippen LogP contribution in [-0.4, -0.2) is 17.1 Å². The fourth-order valence-electron chi connectivity index (χ4n) is 1.27. The average molecular weight is 193 g/mol. The van der Waals surface area contributed by atoms with E-state index in [1.54, 1.807) is 12.1 Å². The van der Waals surface area contributed by atoms with Gasteiger partial charge in [-0.05, 0) is 31.0 Å². The molecule has 1 rings (SSSR count). The largest absolute Gasteiger partial charge is 0.508 e. The normalized spacial score (nSPS) is 12.1. The lowest BCUT2D eigenvalue weighted by molar-refractivity contribution is 0.475. The molecule has 0 spiro atoms. The van der Waals surface area contributed by atoms with Crippen LogP contribution in [0.15, 0.2) is 29.3 Å². The van der Waals surface area contributed by atoms with Gasteiger partial charge in [0.25, 0.3) is 0 Å². The molecule has 0 aromatic heterocycles. The van der Waals surface area contributed by atoms with Gasteiger partial charge in [0.2, 0.25) is 0 Å². The molecule has 0 saturated heterocycles. The molecule has 1 aromatic carbocycles. The molecule has 1 atom stereocenters. The number of aliphatic imine (C=N–C) groups is 1. The summed E-state index contributed by atoms with van der Waals surface area (Å²) in [5, 5.41) is 9.07. The van der Waals surface area contributed by atoms with Crippen molar-refractivity contribution in [3.05, 3.63) is 29.8 Å². The Morgan fingerprint density at radius 3 is 2.43 bits per heavy atom. The fourth-order valence-corrected chi connectivity index (χ4v) is 1.27. The van der Waals surface area contributed by atoms with Gasteiger partial charge in [0.15, 0.2) is 5.96 Å². The highest BCUT2D eigenvalue weighted by Crippen LogP contribution is 2.11. The quantitative estimate of drug-likeness (QED) is 0.485. The van der Waals surface area contributed by atoms with Gasteiger partial charge in [0.05, 0.1) is 6.04 Å². The Morgan fingerprint density at radius 2 is 1.93 bits per heavy atom. The van der Waals surface area contributed by atoms with Crippen molar-refractivity contribution in [3.63, 3.8) is 0 Å². The zero-order valence-corrected chi connectivity index (χ0v) is 8.14. The molecule has 0 saturated carbocycles. The van der Waals surface area contributed by atoms with Crippen molar-refractivity contribution < 1.29 is 5.11 Å². The van der Waals surface area contributed by atoms with Gasteiger partial charge in [-0.25, -0.2) is 0 Å². The van der Waals surface area contributed by atoms with Crippen LogP contribution in [0.1, 0.15) is 12.5 Å². The molecule has 0 amide bonds. The van der Waals surface area contributed by atoms with Gasteiger partial charge in [-0.3, -0.25) is 4.99 Å². The van der Waals surface area contributed by atoms with Crippen molar-refractivity contribution in [2.45, 2.75) is 19.4 Å². The highest BCUT2D eigenvalue weighted by atomic mass is 16.3. The first kappa shape index (κ1) is 10.4. The highest BCUT2D eigenvalue weighted by molar-refractivity contribution is 5.75. The Morgan fingerprint density at radius 1 is 1.36 bits per heavy atom. The maximum absolute atomic E-state index is 9.07. The summed E-state index contributed by atoms with van der Waals surface area (Å²) < 4.78 is 0. The molecule has 0 unspecified atom stereocenters. The van der Waals surface area contributed by atoms with Crippen molar-refractivity contribution in [1.29, 1.82) is 0 Å². The number of rotatable bonds is 3. The summed E-state index contributed by atoms with van der Waals surface area (Å²) in [5.74, 6) is 0.375. The number of phenols is 1. The first-order valence-corrected chi connectivity index (χ1v) is 4.44. The second kappa shape index (κ2) is 4.50. The first-order chi connectivity index (χ1) is 6.58. The predicted molar refractivity (Wildman–Crippen MR) is 57.1 cm³/mol. The lowest BCUT2D eigenvalue weighted by Crippen LogP contribution is -2.25. The minimum absolute atomic E-state index is 0.0598. The topological polar surface area (TPSA) is 84.6 Å². The van der Waals surface area contributed by atoms with Crippen LogP contribution in [0.25, 0.3) is 0 Å². The molecule has 76 valence electrons. The van der Waals surface area contributed by atoms with Crippen LogP contribution >= 0.6 is 0 Å². The van der Waals surface area contributed by atoms with Gasteiger partial charge < -0.3 is 16.6 Å². The zero-order chi connectivity index (χ0) is 10.6. The number of hydrogen-bond acceptors (Lipinski definition) is 2.